The van der Waals surface area contributed by atoms with Crippen LogP contribution in [0.4, 0.5) is 0 Å². The second kappa shape index (κ2) is 6.00. The van der Waals surface area contributed by atoms with Gasteiger partial charge in [-0.25, -0.2) is 19.2 Å². The smallest absolute Gasteiger partial charge is 0.347 e. The summed E-state index contributed by atoms with van der Waals surface area (Å²) < 4.78 is 13.9. The first kappa shape index (κ1) is 14.4. The number of carbonyl (C=O) groups excluding carboxylic acids is 4. The normalized spacial score (nSPS) is 12.4. The van der Waals surface area contributed by atoms with Gasteiger partial charge < -0.3 is 14.2 Å². The summed E-state index contributed by atoms with van der Waals surface area (Å²) in [6, 6.07) is 4.16. The van der Waals surface area contributed by atoms with Gasteiger partial charge in [-0.2, -0.15) is 0 Å². The Morgan fingerprint density at radius 1 is 1.14 bits per heavy atom. The molecule has 7 heteroatoms. The summed E-state index contributed by atoms with van der Waals surface area (Å²) >= 11 is 0. The molecular weight excluding hydrogens is 280 g/mol. The predicted octanol–water partition coefficient (Wildman–Crippen LogP) is 0.883. The molecule has 0 bridgehead atoms. The third-order valence-corrected chi connectivity index (χ3v) is 2.62. The molecule has 0 saturated heterocycles. The van der Waals surface area contributed by atoms with Crippen molar-refractivity contribution >= 4 is 23.9 Å². The Morgan fingerprint density at radius 2 is 1.86 bits per heavy atom. The molecule has 2 rings (SSSR count). The summed E-state index contributed by atoms with van der Waals surface area (Å²) in [7, 11) is 0. The average Bonchev–Trinajstić information content (AvgIpc) is 2.78. The van der Waals surface area contributed by atoms with E-state index in [0.29, 0.717) is 0 Å². The summed E-state index contributed by atoms with van der Waals surface area (Å²) in [6.07, 6.45) is 0.980. The molecule has 0 amide bonds. The number of rotatable bonds is 5. The highest BCUT2D eigenvalue weighted by Crippen LogP contribution is 2.24. The quantitative estimate of drug-likeness (QED) is 0.261. The highest BCUT2D eigenvalue weighted by Gasteiger charge is 2.34. The van der Waals surface area contributed by atoms with E-state index >= 15 is 0 Å². The summed E-state index contributed by atoms with van der Waals surface area (Å²) in [4.78, 5) is 45.5. The van der Waals surface area contributed by atoms with Gasteiger partial charge >= 0.3 is 23.9 Å². The van der Waals surface area contributed by atoms with Gasteiger partial charge in [-0.15, -0.1) is 0 Å². The van der Waals surface area contributed by atoms with Crippen molar-refractivity contribution in [2.24, 2.45) is 0 Å². The molecule has 0 aliphatic carbocycles. The largest absolute Gasteiger partial charge is 0.459 e. The molecule has 0 fully saturated rings. The number of cyclic esters (lactones) is 2. The molecule has 108 valence electrons. The zero-order valence-electron chi connectivity index (χ0n) is 10.8. The predicted molar refractivity (Wildman–Crippen MR) is 67.6 cm³/mol. The number of ether oxygens (including phenoxy) is 3. The molecule has 0 aromatic heterocycles. The van der Waals surface area contributed by atoms with Crippen LogP contribution >= 0.6 is 0 Å². The fourth-order valence-electron chi connectivity index (χ4n) is 1.72. The molecule has 0 saturated carbocycles. The van der Waals surface area contributed by atoms with E-state index < -0.39 is 23.9 Å². The minimum Gasteiger partial charge on any atom is -0.459 e. The van der Waals surface area contributed by atoms with Gasteiger partial charge in [-0.05, 0) is 12.1 Å². The highest BCUT2D eigenvalue weighted by molar-refractivity contribution is 6.18. The molecule has 7 nitrogen and oxygen atoms in total. The average molecular weight is 290 g/mol. The Bertz CT molecular complexity index is 645. The van der Waals surface area contributed by atoms with Crippen LogP contribution in [0.15, 0.2) is 30.9 Å². The van der Waals surface area contributed by atoms with E-state index in [-0.39, 0.29) is 29.9 Å². The number of fused-ring (bicyclic) bond motifs is 1. The molecule has 0 atom stereocenters. The van der Waals surface area contributed by atoms with Gasteiger partial charge in [-0.1, -0.05) is 12.6 Å². The van der Waals surface area contributed by atoms with E-state index in [9.17, 15) is 19.2 Å². The Labute approximate surface area is 119 Å². The maximum absolute atomic E-state index is 11.9. The van der Waals surface area contributed by atoms with E-state index in [1.165, 1.54) is 18.2 Å². The Balaban J connectivity index is 2.04. The topological polar surface area (TPSA) is 96.0 Å². The van der Waals surface area contributed by atoms with Gasteiger partial charge in [0.05, 0.1) is 16.7 Å². The molecule has 1 aliphatic rings. The van der Waals surface area contributed by atoms with Crippen LogP contribution in [0.5, 0.6) is 0 Å². The Kier molecular flexibility index (Phi) is 4.13. The number of benzene rings is 1. The molecule has 0 spiro atoms. The fraction of sp³-hybridized carbons (Fsp3) is 0.143. The van der Waals surface area contributed by atoms with Gasteiger partial charge in [0, 0.05) is 6.08 Å². The van der Waals surface area contributed by atoms with Gasteiger partial charge in [0.1, 0.15) is 13.2 Å². The number of hydrogen-bond donors (Lipinski definition) is 0. The molecule has 1 aromatic carbocycles. The van der Waals surface area contributed by atoms with Crippen molar-refractivity contribution in [1.29, 1.82) is 0 Å². The lowest BCUT2D eigenvalue weighted by Gasteiger charge is -2.06. The van der Waals surface area contributed by atoms with Crippen molar-refractivity contribution in [3.8, 4) is 0 Å². The molecule has 0 N–H and O–H groups in total. The van der Waals surface area contributed by atoms with Crippen LogP contribution < -0.4 is 0 Å². The summed E-state index contributed by atoms with van der Waals surface area (Å²) in [6.45, 7) is 2.88. The number of esters is 4. The van der Waals surface area contributed by atoms with Crippen LogP contribution in [0.25, 0.3) is 0 Å². The van der Waals surface area contributed by atoms with E-state index in [1.54, 1.807) is 0 Å². The van der Waals surface area contributed by atoms with E-state index in [4.69, 9.17) is 4.74 Å². The van der Waals surface area contributed by atoms with Gasteiger partial charge in [0.15, 0.2) is 0 Å². The van der Waals surface area contributed by atoms with Crippen LogP contribution in [0, 0.1) is 0 Å². The Morgan fingerprint density at radius 3 is 2.57 bits per heavy atom. The van der Waals surface area contributed by atoms with Crippen molar-refractivity contribution in [3.05, 3.63) is 47.5 Å². The van der Waals surface area contributed by atoms with E-state index in [1.807, 2.05) is 0 Å². The minimum absolute atomic E-state index is 0.0209. The molecule has 0 unspecified atom stereocenters. The lowest BCUT2D eigenvalue weighted by atomic mass is 10.0. The van der Waals surface area contributed by atoms with Crippen LogP contribution in [-0.4, -0.2) is 37.1 Å². The lowest BCUT2D eigenvalue weighted by molar-refractivity contribution is -0.138. The second-order valence-electron chi connectivity index (χ2n) is 3.91. The van der Waals surface area contributed by atoms with Crippen LogP contribution in [0.3, 0.4) is 0 Å². The summed E-state index contributed by atoms with van der Waals surface area (Å²) in [5.74, 6) is -3.14. The van der Waals surface area contributed by atoms with Crippen molar-refractivity contribution < 1.29 is 33.4 Å². The third-order valence-electron chi connectivity index (χ3n) is 2.62. The van der Waals surface area contributed by atoms with Crippen LogP contribution in [-0.2, 0) is 19.0 Å². The van der Waals surface area contributed by atoms with Crippen LogP contribution in [0.1, 0.15) is 31.1 Å². The van der Waals surface area contributed by atoms with Gasteiger partial charge in [0.2, 0.25) is 0 Å². The second-order valence-corrected chi connectivity index (χ2v) is 3.91. The maximum atomic E-state index is 11.9. The van der Waals surface area contributed by atoms with Gasteiger partial charge in [0.25, 0.3) is 0 Å². The SMILES string of the molecule is C=CC(=O)OCCOC(=O)c1cccc2c1C(=O)OC2=O. The number of carbonyl (C=O) groups is 4. The Hall–Kier alpha value is -2.96. The van der Waals surface area contributed by atoms with Crippen molar-refractivity contribution in [2.75, 3.05) is 13.2 Å². The minimum atomic E-state index is -0.888. The fourth-order valence-corrected chi connectivity index (χ4v) is 1.72. The molecule has 0 radical (unpaired) electrons. The van der Waals surface area contributed by atoms with E-state index in [0.717, 1.165) is 6.08 Å². The third kappa shape index (κ3) is 2.97. The van der Waals surface area contributed by atoms with E-state index in [2.05, 4.69) is 16.1 Å². The van der Waals surface area contributed by atoms with Crippen molar-refractivity contribution in [1.82, 2.24) is 0 Å². The summed E-state index contributed by atoms with van der Waals surface area (Å²) in [5, 5.41) is 0. The molecular formula is C14H10O7. The first-order chi connectivity index (χ1) is 10.0. The standard InChI is InChI=1S/C14H10O7/c1-2-10(15)19-6-7-20-12(16)8-4-3-5-9-11(8)14(18)21-13(9)17/h2-5H,1,6-7H2. The van der Waals surface area contributed by atoms with Crippen molar-refractivity contribution in [2.45, 2.75) is 0 Å². The lowest BCUT2D eigenvalue weighted by Crippen LogP contribution is -2.15. The molecule has 1 aliphatic heterocycles. The zero-order valence-corrected chi connectivity index (χ0v) is 10.8. The number of hydrogen-bond acceptors (Lipinski definition) is 7. The van der Waals surface area contributed by atoms with Gasteiger partial charge in [-0.3, -0.25) is 0 Å². The maximum Gasteiger partial charge on any atom is 0.347 e. The highest BCUT2D eigenvalue weighted by atomic mass is 16.6. The monoisotopic (exact) mass is 290 g/mol. The summed E-state index contributed by atoms with van der Waals surface area (Å²) in [5.41, 5.74) is -0.165. The van der Waals surface area contributed by atoms with Crippen molar-refractivity contribution in [3.63, 3.8) is 0 Å². The first-order valence-electron chi connectivity index (χ1n) is 5.90. The molecule has 21 heavy (non-hydrogen) atoms. The van der Waals surface area contributed by atoms with Crippen LogP contribution in [0.2, 0.25) is 0 Å². The molecule has 1 aromatic rings. The molecule has 1 heterocycles. The first-order valence-corrected chi connectivity index (χ1v) is 5.90. The zero-order chi connectivity index (χ0) is 15.4.